The van der Waals surface area contributed by atoms with Crippen LogP contribution in [0.4, 0.5) is 0 Å². The van der Waals surface area contributed by atoms with Gasteiger partial charge in [-0.1, -0.05) is 18.2 Å². The molecule has 0 aliphatic carbocycles. The third kappa shape index (κ3) is 5.65. The minimum Gasteiger partial charge on any atom is -0.497 e. The van der Waals surface area contributed by atoms with Crippen LogP contribution in [0.15, 0.2) is 53.6 Å². The Morgan fingerprint density at radius 1 is 0.912 bits per heavy atom. The normalized spacial score (nSPS) is 12.5. The molecule has 3 aromatic rings. The van der Waals surface area contributed by atoms with Crippen molar-refractivity contribution >= 4 is 22.6 Å². The molecule has 0 aliphatic heterocycles. The number of hydrogen-bond donors (Lipinski definition) is 2. The molecule has 1 atom stereocenters. The highest BCUT2D eigenvalue weighted by molar-refractivity contribution is 5.99. The van der Waals surface area contributed by atoms with Crippen LogP contribution >= 0.6 is 0 Å². The SMILES string of the molecule is COc1ccc2cc([C@H](C)NC(=O)c3cn(C(C)C)cc(C(=O)NC(C)(C)C)c3=O)ccc2c1. The summed E-state index contributed by atoms with van der Waals surface area (Å²) < 4.78 is 6.99. The molecule has 2 amide bonds. The van der Waals surface area contributed by atoms with Crippen LogP contribution in [0.3, 0.4) is 0 Å². The summed E-state index contributed by atoms with van der Waals surface area (Å²) in [6.45, 7) is 11.2. The van der Waals surface area contributed by atoms with E-state index in [0.717, 1.165) is 22.1 Å². The number of pyridine rings is 1. The van der Waals surface area contributed by atoms with Gasteiger partial charge in [0, 0.05) is 24.0 Å². The monoisotopic (exact) mass is 463 g/mol. The molecule has 2 aromatic carbocycles. The second kappa shape index (κ2) is 9.71. The van der Waals surface area contributed by atoms with Crippen LogP contribution < -0.4 is 20.8 Å². The first-order valence-corrected chi connectivity index (χ1v) is 11.4. The molecular weight excluding hydrogens is 430 g/mol. The molecule has 0 spiro atoms. The van der Waals surface area contributed by atoms with Gasteiger partial charge in [-0.05, 0) is 76.1 Å². The van der Waals surface area contributed by atoms with Gasteiger partial charge in [0.25, 0.3) is 11.8 Å². The Labute approximate surface area is 200 Å². The fraction of sp³-hybridized carbons (Fsp3) is 0.370. The second-order valence-corrected chi connectivity index (χ2v) is 9.83. The number of carbonyl (C=O) groups is 2. The summed E-state index contributed by atoms with van der Waals surface area (Å²) in [6.07, 6.45) is 3.02. The van der Waals surface area contributed by atoms with Crippen molar-refractivity contribution in [3.8, 4) is 5.75 Å². The molecule has 1 heterocycles. The van der Waals surface area contributed by atoms with E-state index >= 15 is 0 Å². The second-order valence-electron chi connectivity index (χ2n) is 9.83. The lowest BCUT2D eigenvalue weighted by Gasteiger charge is -2.22. The molecule has 2 N–H and O–H groups in total. The van der Waals surface area contributed by atoms with E-state index in [1.807, 2.05) is 77.9 Å². The number of benzene rings is 2. The molecule has 0 saturated heterocycles. The first kappa shape index (κ1) is 25.0. The summed E-state index contributed by atoms with van der Waals surface area (Å²) in [5.41, 5.74) is -0.319. The van der Waals surface area contributed by atoms with Crippen LogP contribution in [0.2, 0.25) is 0 Å². The summed E-state index contributed by atoms with van der Waals surface area (Å²) in [5, 5.41) is 7.76. The molecule has 1 aromatic heterocycles. The molecule has 0 fully saturated rings. The molecular formula is C27H33N3O4. The van der Waals surface area contributed by atoms with Crippen LogP contribution in [0.25, 0.3) is 10.8 Å². The fourth-order valence-electron chi connectivity index (χ4n) is 3.62. The minimum absolute atomic E-state index is 0.0387. The van der Waals surface area contributed by atoms with Crippen molar-refractivity contribution in [2.45, 2.75) is 59.2 Å². The van der Waals surface area contributed by atoms with Gasteiger partial charge in [-0.2, -0.15) is 0 Å². The maximum atomic E-state index is 13.2. The van der Waals surface area contributed by atoms with Crippen LogP contribution in [0.1, 0.15) is 79.9 Å². The van der Waals surface area contributed by atoms with Gasteiger partial charge in [0.1, 0.15) is 16.9 Å². The highest BCUT2D eigenvalue weighted by Gasteiger charge is 2.24. The third-order valence-corrected chi connectivity index (χ3v) is 5.54. The molecule has 7 heteroatoms. The van der Waals surface area contributed by atoms with Crippen LogP contribution in [-0.2, 0) is 0 Å². The summed E-state index contributed by atoms with van der Waals surface area (Å²) in [4.78, 5) is 39.1. The number of nitrogens with zero attached hydrogens (tertiary/aromatic N) is 1. The summed E-state index contributed by atoms with van der Waals surface area (Å²) in [7, 11) is 1.63. The van der Waals surface area contributed by atoms with E-state index < -0.39 is 22.8 Å². The number of ether oxygens (including phenoxy) is 1. The predicted octanol–water partition coefficient (Wildman–Crippen LogP) is 4.61. The first-order valence-electron chi connectivity index (χ1n) is 11.4. The van der Waals surface area contributed by atoms with E-state index in [-0.39, 0.29) is 23.2 Å². The Morgan fingerprint density at radius 2 is 1.50 bits per heavy atom. The number of hydrogen-bond acceptors (Lipinski definition) is 4. The van der Waals surface area contributed by atoms with E-state index in [1.54, 1.807) is 11.7 Å². The van der Waals surface area contributed by atoms with Crippen molar-refractivity contribution in [2.75, 3.05) is 7.11 Å². The number of methoxy groups -OCH3 is 1. The molecule has 0 unspecified atom stereocenters. The third-order valence-electron chi connectivity index (χ3n) is 5.54. The zero-order valence-corrected chi connectivity index (χ0v) is 20.9. The predicted molar refractivity (Wildman–Crippen MR) is 135 cm³/mol. The minimum atomic E-state index is -0.589. The van der Waals surface area contributed by atoms with E-state index in [0.29, 0.717) is 0 Å². The van der Waals surface area contributed by atoms with Crippen LogP contribution in [-0.4, -0.2) is 29.0 Å². The Kier molecular flexibility index (Phi) is 7.15. The molecule has 0 saturated carbocycles. The highest BCUT2D eigenvalue weighted by Crippen LogP contribution is 2.24. The quantitative estimate of drug-likeness (QED) is 0.559. The number of aromatic nitrogens is 1. The lowest BCUT2D eigenvalue weighted by atomic mass is 10.0. The van der Waals surface area contributed by atoms with Gasteiger partial charge in [-0.15, -0.1) is 0 Å². The average molecular weight is 464 g/mol. The Balaban J connectivity index is 1.92. The van der Waals surface area contributed by atoms with Crippen molar-refractivity contribution in [1.29, 1.82) is 0 Å². The zero-order chi connectivity index (χ0) is 25.2. The molecule has 34 heavy (non-hydrogen) atoms. The van der Waals surface area contributed by atoms with E-state index in [2.05, 4.69) is 10.6 Å². The fourth-order valence-corrected chi connectivity index (χ4v) is 3.62. The van der Waals surface area contributed by atoms with Crippen LogP contribution in [0, 0.1) is 0 Å². The van der Waals surface area contributed by atoms with Gasteiger partial charge in [-0.25, -0.2) is 0 Å². The standard InChI is InChI=1S/C27H33N3O4/c1-16(2)30-14-22(24(31)23(15-30)26(33)29-27(4,5)6)25(32)28-17(3)18-8-9-20-13-21(34-7)11-10-19(20)12-18/h8-17H,1-7H3,(H,28,32)(H,29,33)/t17-/m0/s1. The maximum Gasteiger partial charge on any atom is 0.257 e. The molecule has 0 bridgehead atoms. The number of fused-ring (bicyclic) bond motifs is 1. The molecule has 7 nitrogen and oxygen atoms in total. The molecule has 0 aliphatic rings. The van der Waals surface area contributed by atoms with Gasteiger partial charge < -0.3 is 19.9 Å². The Hall–Kier alpha value is -3.61. The van der Waals surface area contributed by atoms with Gasteiger partial charge in [0.2, 0.25) is 5.43 Å². The van der Waals surface area contributed by atoms with Crippen molar-refractivity contribution in [3.63, 3.8) is 0 Å². The Bertz CT molecular complexity index is 1290. The van der Waals surface area contributed by atoms with Gasteiger partial charge >= 0.3 is 0 Å². The largest absolute Gasteiger partial charge is 0.497 e. The molecule has 0 radical (unpaired) electrons. The average Bonchev–Trinajstić information content (AvgIpc) is 2.76. The first-order chi connectivity index (χ1) is 15.9. The van der Waals surface area contributed by atoms with Crippen molar-refractivity contribution in [3.05, 3.63) is 75.7 Å². The smallest absolute Gasteiger partial charge is 0.257 e. The van der Waals surface area contributed by atoms with Gasteiger partial charge in [0.05, 0.1) is 13.2 Å². The number of carbonyl (C=O) groups excluding carboxylic acids is 2. The number of amides is 2. The lowest BCUT2D eigenvalue weighted by molar-refractivity contribution is 0.0917. The van der Waals surface area contributed by atoms with Crippen molar-refractivity contribution < 1.29 is 14.3 Å². The topological polar surface area (TPSA) is 89.4 Å². The molecule has 180 valence electrons. The lowest BCUT2D eigenvalue weighted by Crippen LogP contribution is -2.43. The zero-order valence-electron chi connectivity index (χ0n) is 20.9. The summed E-state index contributed by atoms with van der Waals surface area (Å²) in [6, 6.07) is 11.3. The van der Waals surface area contributed by atoms with Gasteiger partial charge in [0.15, 0.2) is 0 Å². The van der Waals surface area contributed by atoms with Crippen LogP contribution in [0.5, 0.6) is 5.75 Å². The van der Waals surface area contributed by atoms with E-state index in [1.165, 1.54) is 12.4 Å². The number of rotatable bonds is 6. The Morgan fingerprint density at radius 3 is 2.09 bits per heavy atom. The van der Waals surface area contributed by atoms with E-state index in [4.69, 9.17) is 4.74 Å². The van der Waals surface area contributed by atoms with Gasteiger partial charge in [-0.3, -0.25) is 14.4 Å². The van der Waals surface area contributed by atoms with E-state index in [9.17, 15) is 14.4 Å². The number of nitrogens with one attached hydrogen (secondary N) is 2. The highest BCUT2D eigenvalue weighted by atomic mass is 16.5. The molecule has 3 rings (SSSR count). The van der Waals surface area contributed by atoms with Crippen molar-refractivity contribution in [2.24, 2.45) is 0 Å². The summed E-state index contributed by atoms with van der Waals surface area (Å²) in [5.74, 6) is -0.245. The van der Waals surface area contributed by atoms with Crippen molar-refractivity contribution in [1.82, 2.24) is 15.2 Å². The maximum absolute atomic E-state index is 13.2. The summed E-state index contributed by atoms with van der Waals surface area (Å²) >= 11 is 0.